The van der Waals surface area contributed by atoms with Crippen LogP contribution in [0, 0.1) is 6.92 Å². The van der Waals surface area contributed by atoms with E-state index in [9.17, 15) is 4.79 Å². The molecular weight excluding hydrogens is 256 g/mol. The van der Waals surface area contributed by atoms with Gasteiger partial charge < -0.3 is 14.2 Å². The van der Waals surface area contributed by atoms with Crippen LogP contribution in [0.2, 0.25) is 0 Å². The average molecular weight is 272 g/mol. The maximum Gasteiger partial charge on any atom is 0.343 e. The fourth-order valence-electron chi connectivity index (χ4n) is 1.70. The van der Waals surface area contributed by atoms with Crippen molar-refractivity contribution in [1.29, 1.82) is 0 Å². The molecule has 0 radical (unpaired) electrons. The number of carbonyl (C=O) groups is 1. The van der Waals surface area contributed by atoms with Crippen LogP contribution in [-0.2, 0) is 0 Å². The van der Waals surface area contributed by atoms with Crippen molar-refractivity contribution in [3.63, 3.8) is 0 Å². The first-order valence-corrected chi connectivity index (χ1v) is 6.14. The second-order valence-corrected chi connectivity index (χ2v) is 4.30. The van der Waals surface area contributed by atoms with Gasteiger partial charge >= 0.3 is 5.97 Å². The highest BCUT2D eigenvalue weighted by molar-refractivity contribution is 5.91. The van der Waals surface area contributed by atoms with Crippen molar-refractivity contribution in [3.8, 4) is 17.2 Å². The van der Waals surface area contributed by atoms with Gasteiger partial charge in [-0.25, -0.2) is 4.79 Å². The maximum absolute atomic E-state index is 12.0. The summed E-state index contributed by atoms with van der Waals surface area (Å²) in [5.41, 5.74) is 1.59. The first-order chi connectivity index (χ1) is 9.62. The average Bonchev–Trinajstić information content (AvgIpc) is 2.47. The zero-order chi connectivity index (χ0) is 14.5. The van der Waals surface area contributed by atoms with E-state index < -0.39 is 5.97 Å². The summed E-state index contributed by atoms with van der Waals surface area (Å²) in [4.78, 5) is 12.0. The molecule has 0 atom stereocenters. The number of ether oxygens (including phenoxy) is 3. The summed E-state index contributed by atoms with van der Waals surface area (Å²) in [6.45, 7) is 1.96. The fraction of sp³-hybridized carbons (Fsp3) is 0.188. The number of rotatable bonds is 4. The van der Waals surface area contributed by atoms with E-state index in [1.165, 1.54) is 0 Å². The van der Waals surface area contributed by atoms with E-state index in [0.717, 1.165) is 5.56 Å². The SMILES string of the molecule is COc1cc(OC)cc(OC(=O)c2ccc(C)cc2)c1. The van der Waals surface area contributed by atoms with Gasteiger partial charge in [0.15, 0.2) is 0 Å². The van der Waals surface area contributed by atoms with E-state index in [1.807, 2.05) is 19.1 Å². The molecule has 2 aromatic carbocycles. The van der Waals surface area contributed by atoms with E-state index >= 15 is 0 Å². The summed E-state index contributed by atoms with van der Waals surface area (Å²) in [6.07, 6.45) is 0. The van der Waals surface area contributed by atoms with Gasteiger partial charge in [-0.15, -0.1) is 0 Å². The van der Waals surface area contributed by atoms with Crippen molar-refractivity contribution >= 4 is 5.97 Å². The zero-order valence-corrected chi connectivity index (χ0v) is 11.7. The van der Waals surface area contributed by atoms with Crippen molar-refractivity contribution in [2.45, 2.75) is 6.92 Å². The second kappa shape index (κ2) is 6.10. The fourth-order valence-corrected chi connectivity index (χ4v) is 1.70. The Hall–Kier alpha value is -2.49. The minimum atomic E-state index is -0.416. The molecule has 4 heteroatoms. The smallest absolute Gasteiger partial charge is 0.343 e. The number of hydrogen-bond acceptors (Lipinski definition) is 4. The Kier molecular flexibility index (Phi) is 4.25. The minimum Gasteiger partial charge on any atom is -0.496 e. The number of methoxy groups -OCH3 is 2. The van der Waals surface area contributed by atoms with Crippen LogP contribution in [0.3, 0.4) is 0 Å². The third kappa shape index (κ3) is 3.29. The third-order valence-electron chi connectivity index (χ3n) is 2.82. The monoisotopic (exact) mass is 272 g/mol. The number of esters is 1. The summed E-state index contributed by atoms with van der Waals surface area (Å²) in [5.74, 6) is 1.10. The molecule has 0 fully saturated rings. The molecule has 0 N–H and O–H groups in total. The molecule has 0 saturated carbocycles. The van der Waals surface area contributed by atoms with Crippen molar-refractivity contribution in [3.05, 3.63) is 53.6 Å². The highest BCUT2D eigenvalue weighted by Crippen LogP contribution is 2.27. The van der Waals surface area contributed by atoms with E-state index in [1.54, 1.807) is 44.6 Å². The molecule has 0 aliphatic heterocycles. The Morgan fingerprint density at radius 1 is 0.850 bits per heavy atom. The standard InChI is InChI=1S/C16H16O4/c1-11-4-6-12(7-5-11)16(17)20-15-9-13(18-2)8-14(10-15)19-3/h4-10H,1-3H3. The Morgan fingerprint density at radius 2 is 1.35 bits per heavy atom. The van der Waals surface area contributed by atoms with Crippen LogP contribution in [0.4, 0.5) is 0 Å². The summed E-state index contributed by atoms with van der Waals surface area (Å²) < 4.78 is 15.6. The van der Waals surface area contributed by atoms with E-state index in [2.05, 4.69) is 0 Å². The molecule has 0 saturated heterocycles. The molecule has 0 unspecified atom stereocenters. The molecule has 0 aromatic heterocycles. The molecule has 0 aliphatic carbocycles. The Balaban J connectivity index is 2.20. The molecule has 0 aliphatic rings. The molecular formula is C16H16O4. The lowest BCUT2D eigenvalue weighted by Gasteiger charge is -2.09. The van der Waals surface area contributed by atoms with Gasteiger partial charge in [0.05, 0.1) is 19.8 Å². The first kappa shape index (κ1) is 13.9. The molecule has 4 nitrogen and oxygen atoms in total. The predicted molar refractivity (Wildman–Crippen MR) is 75.7 cm³/mol. The lowest BCUT2D eigenvalue weighted by molar-refractivity contribution is 0.0734. The van der Waals surface area contributed by atoms with E-state index in [-0.39, 0.29) is 0 Å². The molecule has 0 spiro atoms. The van der Waals surface area contributed by atoms with Crippen LogP contribution in [0.1, 0.15) is 15.9 Å². The highest BCUT2D eigenvalue weighted by Gasteiger charge is 2.10. The summed E-state index contributed by atoms with van der Waals surface area (Å²) in [7, 11) is 3.08. The number of carbonyl (C=O) groups excluding carboxylic acids is 1. The summed E-state index contributed by atoms with van der Waals surface area (Å²) >= 11 is 0. The Labute approximate surface area is 117 Å². The van der Waals surface area contributed by atoms with E-state index in [4.69, 9.17) is 14.2 Å². The molecule has 20 heavy (non-hydrogen) atoms. The second-order valence-electron chi connectivity index (χ2n) is 4.30. The van der Waals surface area contributed by atoms with Crippen molar-refractivity contribution in [2.75, 3.05) is 14.2 Å². The number of aryl methyl sites for hydroxylation is 1. The van der Waals surface area contributed by atoms with Crippen LogP contribution in [0.15, 0.2) is 42.5 Å². The topological polar surface area (TPSA) is 44.8 Å². The molecule has 2 rings (SSSR count). The van der Waals surface area contributed by atoms with Gasteiger partial charge in [-0.2, -0.15) is 0 Å². The zero-order valence-electron chi connectivity index (χ0n) is 11.7. The predicted octanol–water partition coefficient (Wildman–Crippen LogP) is 3.23. The van der Waals surface area contributed by atoms with Gasteiger partial charge in [0, 0.05) is 18.2 Å². The van der Waals surface area contributed by atoms with Crippen LogP contribution in [-0.4, -0.2) is 20.2 Å². The van der Waals surface area contributed by atoms with Gasteiger partial charge in [0.1, 0.15) is 17.2 Å². The van der Waals surface area contributed by atoms with Crippen LogP contribution < -0.4 is 14.2 Å². The van der Waals surface area contributed by atoms with Crippen molar-refractivity contribution < 1.29 is 19.0 Å². The molecule has 0 heterocycles. The highest BCUT2D eigenvalue weighted by atomic mass is 16.5. The molecule has 2 aromatic rings. The third-order valence-corrected chi connectivity index (χ3v) is 2.82. The quantitative estimate of drug-likeness (QED) is 0.633. The molecule has 0 bridgehead atoms. The van der Waals surface area contributed by atoms with Gasteiger partial charge in [0.2, 0.25) is 0 Å². The summed E-state index contributed by atoms with van der Waals surface area (Å²) in [5, 5.41) is 0. The van der Waals surface area contributed by atoms with Gasteiger partial charge in [-0.1, -0.05) is 17.7 Å². The van der Waals surface area contributed by atoms with Crippen molar-refractivity contribution in [1.82, 2.24) is 0 Å². The van der Waals surface area contributed by atoms with Crippen LogP contribution in [0.5, 0.6) is 17.2 Å². The Bertz CT molecular complexity index is 580. The number of hydrogen-bond donors (Lipinski definition) is 0. The lowest BCUT2D eigenvalue weighted by atomic mass is 10.1. The Morgan fingerprint density at radius 3 is 1.85 bits per heavy atom. The van der Waals surface area contributed by atoms with Gasteiger partial charge in [-0.3, -0.25) is 0 Å². The summed E-state index contributed by atoms with van der Waals surface area (Å²) in [6, 6.07) is 12.2. The van der Waals surface area contributed by atoms with E-state index in [0.29, 0.717) is 22.8 Å². The minimum absolute atomic E-state index is 0.381. The molecule has 104 valence electrons. The lowest BCUT2D eigenvalue weighted by Crippen LogP contribution is -2.08. The van der Waals surface area contributed by atoms with Gasteiger partial charge in [0.25, 0.3) is 0 Å². The number of benzene rings is 2. The largest absolute Gasteiger partial charge is 0.496 e. The molecule has 0 amide bonds. The normalized spacial score (nSPS) is 9.95. The first-order valence-electron chi connectivity index (χ1n) is 6.14. The van der Waals surface area contributed by atoms with Crippen LogP contribution >= 0.6 is 0 Å². The van der Waals surface area contributed by atoms with Gasteiger partial charge in [-0.05, 0) is 19.1 Å². The maximum atomic E-state index is 12.0. The van der Waals surface area contributed by atoms with Crippen molar-refractivity contribution in [2.24, 2.45) is 0 Å². The van der Waals surface area contributed by atoms with Crippen LogP contribution in [0.25, 0.3) is 0 Å².